The predicted molar refractivity (Wildman–Crippen MR) is 36.7 cm³/mol. The van der Waals surface area contributed by atoms with Crippen LogP contribution >= 0.6 is 0 Å². The maximum Gasteiger partial charge on any atom is 0.138 e. The lowest BCUT2D eigenvalue weighted by Crippen LogP contribution is -2.36. The number of hydrogen-bond acceptors (Lipinski definition) is 3. The molecule has 0 aromatic rings. The van der Waals surface area contributed by atoms with E-state index in [0.29, 0.717) is 0 Å². The second-order valence-corrected chi connectivity index (χ2v) is 2.05. The van der Waals surface area contributed by atoms with Crippen LogP contribution in [0.4, 0.5) is 0 Å². The average molecular weight is 130 g/mol. The van der Waals surface area contributed by atoms with E-state index in [1.165, 1.54) is 0 Å². The quantitative estimate of drug-likeness (QED) is 0.318. The van der Waals surface area contributed by atoms with E-state index in [1.54, 1.807) is 0 Å². The maximum atomic E-state index is 10.1. The smallest absolute Gasteiger partial charge is 0.138 e. The third-order valence-electron chi connectivity index (χ3n) is 1.25. The van der Waals surface area contributed by atoms with Gasteiger partial charge in [-0.05, 0) is 6.42 Å². The zero-order valence-electron chi connectivity index (χ0n) is 5.76. The zero-order valence-corrected chi connectivity index (χ0v) is 5.76. The van der Waals surface area contributed by atoms with E-state index in [1.807, 2.05) is 0 Å². The van der Waals surface area contributed by atoms with Crippen LogP contribution in [0, 0.1) is 0 Å². The van der Waals surface area contributed by atoms with E-state index >= 15 is 0 Å². The summed E-state index contributed by atoms with van der Waals surface area (Å²) in [4.78, 5) is 10.1. The molecule has 1 unspecified atom stereocenters. The molecule has 0 saturated heterocycles. The highest BCUT2D eigenvalue weighted by atomic mass is 16.1. The molecule has 0 aromatic heterocycles. The minimum absolute atomic E-state index is 0.148. The summed E-state index contributed by atoms with van der Waals surface area (Å²) in [7, 11) is 0. The fourth-order valence-corrected chi connectivity index (χ4v) is 0.615. The lowest BCUT2D eigenvalue weighted by molar-refractivity contribution is -0.109. The van der Waals surface area contributed by atoms with E-state index in [2.05, 4.69) is 12.3 Å². The summed E-state index contributed by atoms with van der Waals surface area (Å²) in [5, 5.41) is 0. The number of aldehydes is 1. The maximum absolute atomic E-state index is 10.1. The summed E-state index contributed by atoms with van der Waals surface area (Å²) < 4.78 is 0. The minimum Gasteiger partial charge on any atom is -0.302 e. The Kier molecular flexibility index (Phi) is 5.46. The van der Waals surface area contributed by atoms with Crippen LogP contribution in [-0.4, -0.2) is 12.3 Å². The Morgan fingerprint density at radius 2 is 2.44 bits per heavy atom. The molecule has 3 nitrogen and oxygen atoms in total. The van der Waals surface area contributed by atoms with Crippen LogP contribution in [0.3, 0.4) is 0 Å². The first kappa shape index (κ1) is 8.59. The first-order chi connectivity index (χ1) is 4.35. The van der Waals surface area contributed by atoms with Gasteiger partial charge in [0.15, 0.2) is 0 Å². The molecule has 0 spiro atoms. The van der Waals surface area contributed by atoms with Crippen molar-refractivity contribution < 1.29 is 4.79 Å². The van der Waals surface area contributed by atoms with Crippen molar-refractivity contribution in [1.29, 1.82) is 0 Å². The molecular formula is C6H14N2O. The number of unbranched alkanes of at least 4 members (excludes halogenated alkanes) is 1. The Hall–Kier alpha value is -0.410. The average Bonchev–Trinajstić information content (AvgIpc) is 1.91. The molecule has 0 bridgehead atoms. The highest BCUT2D eigenvalue weighted by Crippen LogP contribution is 1.96. The Labute approximate surface area is 55.6 Å². The molecule has 0 aromatic carbocycles. The first-order valence-corrected chi connectivity index (χ1v) is 3.26. The van der Waals surface area contributed by atoms with Crippen molar-refractivity contribution >= 4 is 6.29 Å². The van der Waals surface area contributed by atoms with Crippen LogP contribution in [0.25, 0.3) is 0 Å². The number of nitrogens with two attached hydrogens (primary N) is 1. The number of carbonyl (C=O) groups excluding carboxylic acids is 1. The lowest BCUT2D eigenvalue weighted by Gasteiger charge is -2.05. The van der Waals surface area contributed by atoms with Crippen LogP contribution in [0.5, 0.6) is 0 Å². The van der Waals surface area contributed by atoms with Crippen molar-refractivity contribution in [2.45, 2.75) is 32.2 Å². The second-order valence-electron chi connectivity index (χ2n) is 2.05. The SMILES string of the molecule is CCCCC(C=O)NN. The molecular weight excluding hydrogens is 116 g/mol. The van der Waals surface area contributed by atoms with Crippen LogP contribution in [-0.2, 0) is 4.79 Å². The van der Waals surface area contributed by atoms with Crippen molar-refractivity contribution in [3.63, 3.8) is 0 Å². The van der Waals surface area contributed by atoms with Crippen LogP contribution in [0.15, 0.2) is 0 Å². The molecule has 0 amide bonds. The normalized spacial score (nSPS) is 13.1. The molecule has 0 radical (unpaired) electrons. The number of hydrazine groups is 1. The van der Waals surface area contributed by atoms with E-state index in [4.69, 9.17) is 5.84 Å². The second kappa shape index (κ2) is 5.72. The molecule has 9 heavy (non-hydrogen) atoms. The van der Waals surface area contributed by atoms with Gasteiger partial charge in [0.05, 0.1) is 6.04 Å². The molecule has 0 aliphatic heterocycles. The predicted octanol–water partition coefficient (Wildman–Crippen LogP) is 0.207. The van der Waals surface area contributed by atoms with Gasteiger partial charge in [-0.15, -0.1) is 0 Å². The van der Waals surface area contributed by atoms with Crippen molar-refractivity contribution in [1.82, 2.24) is 5.43 Å². The standard InChI is InChI=1S/C6H14N2O/c1-2-3-4-6(5-9)8-7/h5-6,8H,2-4,7H2,1H3. The molecule has 3 N–H and O–H groups in total. The molecule has 54 valence electrons. The highest BCUT2D eigenvalue weighted by Gasteiger charge is 2.00. The van der Waals surface area contributed by atoms with Crippen LogP contribution in [0.1, 0.15) is 26.2 Å². The fraction of sp³-hybridized carbons (Fsp3) is 0.833. The van der Waals surface area contributed by atoms with E-state index < -0.39 is 0 Å². The molecule has 1 atom stereocenters. The van der Waals surface area contributed by atoms with Gasteiger partial charge < -0.3 is 4.79 Å². The molecule has 0 saturated carbocycles. The summed E-state index contributed by atoms with van der Waals surface area (Å²) in [6.07, 6.45) is 3.84. The van der Waals surface area contributed by atoms with E-state index in [0.717, 1.165) is 25.5 Å². The Morgan fingerprint density at radius 1 is 1.78 bits per heavy atom. The molecule has 0 aliphatic carbocycles. The fourth-order valence-electron chi connectivity index (χ4n) is 0.615. The highest BCUT2D eigenvalue weighted by molar-refractivity contribution is 5.57. The summed E-state index contributed by atoms with van der Waals surface area (Å²) in [6.45, 7) is 2.08. The van der Waals surface area contributed by atoms with Crippen molar-refractivity contribution in [2.24, 2.45) is 5.84 Å². The molecule has 0 aliphatic rings. The Balaban J connectivity index is 3.20. The van der Waals surface area contributed by atoms with Gasteiger partial charge >= 0.3 is 0 Å². The number of nitrogens with one attached hydrogen (secondary N) is 1. The zero-order chi connectivity index (χ0) is 7.11. The van der Waals surface area contributed by atoms with E-state index in [9.17, 15) is 4.79 Å². The van der Waals surface area contributed by atoms with Gasteiger partial charge in [-0.25, -0.2) is 0 Å². The number of rotatable bonds is 5. The molecule has 0 rings (SSSR count). The van der Waals surface area contributed by atoms with Gasteiger partial charge in [-0.2, -0.15) is 0 Å². The summed E-state index contributed by atoms with van der Waals surface area (Å²) in [5.41, 5.74) is 2.42. The van der Waals surface area contributed by atoms with E-state index in [-0.39, 0.29) is 6.04 Å². The van der Waals surface area contributed by atoms with Crippen LogP contribution < -0.4 is 11.3 Å². The monoisotopic (exact) mass is 130 g/mol. The van der Waals surface area contributed by atoms with Crippen molar-refractivity contribution in [2.75, 3.05) is 0 Å². The van der Waals surface area contributed by atoms with Crippen molar-refractivity contribution in [3.8, 4) is 0 Å². The van der Waals surface area contributed by atoms with Gasteiger partial charge in [0.25, 0.3) is 0 Å². The Bertz CT molecular complexity index is 75.5. The summed E-state index contributed by atoms with van der Waals surface area (Å²) in [6, 6.07) is -0.148. The molecule has 3 heteroatoms. The van der Waals surface area contributed by atoms with Gasteiger partial charge in [-0.1, -0.05) is 19.8 Å². The first-order valence-electron chi connectivity index (χ1n) is 3.26. The third kappa shape index (κ3) is 4.12. The van der Waals surface area contributed by atoms with Gasteiger partial charge in [0.1, 0.15) is 6.29 Å². The van der Waals surface area contributed by atoms with Crippen LogP contribution in [0.2, 0.25) is 0 Å². The molecule has 0 fully saturated rings. The third-order valence-corrected chi connectivity index (χ3v) is 1.25. The largest absolute Gasteiger partial charge is 0.302 e. The lowest BCUT2D eigenvalue weighted by atomic mass is 10.1. The topological polar surface area (TPSA) is 55.1 Å². The summed E-state index contributed by atoms with van der Waals surface area (Å²) >= 11 is 0. The van der Waals surface area contributed by atoms with Gasteiger partial charge in [0.2, 0.25) is 0 Å². The Morgan fingerprint density at radius 3 is 2.78 bits per heavy atom. The minimum atomic E-state index is -0.148. The molecule has 0 heterocycles. The number of carbonyl (C=O) groups is 1. The van der Waals surface area contributed by atoms with Gasteiger partial charge in [0, 0.05) is 0 Å². The van der Waals surface area contributed by atoms with Crippen molar-refractivity contribution in [3.05, 3.63) is 0 Å². The summed E-state index contributed by atoms with van der Waals surface area (Å²) in [5.74, 6) is 5.04. The van der Waals surface area contributed by atoms with Gasteiger partial charge in [-0.3, -0.25) is 11.3 Å². The number of hydrogen-bond donors (Lipinski definition) is 2.